The second kappa shape index (κ2) is 7.13. The number of amides is 1. The average molecular weight is 305 g/mol. The van der Waals surface area contributed by atoms with Crippen molar-refractivity contribution in [2.75, 3.05) is 20.8 Å². The number of rotatable bonds is 6. The zero-order valence-corrected chi connectivity index (χ0v) is 13.3. The summed E-state index contributed by atoms with van der Waals surface area (Å²) in [6, 6.07) is 7.59. The molecule has 0 radical (unpaired) electrons. The van der Waals surface area contributed by atoms with Crippen molar-refractivity contribution < 1.29 is 14.3 Å². The maximum Gasteiger partial charge on any atom is 0.261 e. The molecule has 0 aliphatic rings. The van der Waals surface area contributed by atoms with Gasteiger partial charge in [0.25, 0.3) is 5.91 Å². The maximum atomic E-state index is 11.9. The third-order valence-corrected chi connectivity index (χ3v) is 4.16. The van der Waals surface area contributed by atoms with Gasteiger partial charge in [0, 0.05) is 12.1 Å². The molecular formula is C16H19NO3S. The van der Waals surface area contributed by atoms with E-state index in [1.165, 1.54) is 11.3 Å². The summed E-state index contributed by atoms with van der Waals surface area (Å²) in [6.07, 6.45) is 0.713. The van der Waals surface area contributed by atoms with Crippen LogP contribution in [0.25, 0.3) is 0 Å². The number of benzene rings is 1. The quantitative estimate of drug-likeness (QED) is 0.892. The zero-order chi connectivity index (χ0) is 15.2. The van der Waals surface area contributed by atoms with Gasteiger partial charge in [0.15, 0.2) is 0 Å². The lowest BCUT2D eigenvalue weighted by Gasteiger charge is -2.14. The van der Waals surface area contributed by atoms with Gasteiger partial charge in [-0.2, -0.15) is 0 Å². The van der Waals surface area contributed by atoms with Crippen LogP contribution < -0.4 is 14.8 Å². The van der Waals surface area contributed by atoms with E-state index >= 15 is 0 Å². The van der Waals surface area contributed by atoms with Gasteiger partial charge in [0.05, 0.1) is 19.1 Å². The molecule has 1 N–H and O–H groups in total. The molecule has 1 heterocycles. The number of thiophene rings is 1. The van der Waals surface area contributed by atoms with Gasteiger partial charge in [0.2, 0.25) is 0 Å². The number of hydrogen-bond donors (Lipinski definition) is 1. The van der Waals surface area contributed by atoms with Crippen molar-refractivity contribution in [3.63, 3.8) is 0 Å². The van der Waals surface area contributed by atoms with Crippen molar-refractivity contribution in [1.82, 2.24) is 5.32 Å². The molecule has 2 aromatic rings. The van der Waals surface area contributed by atoms with Gasteiger partial charge < -0.3 is 14.8 Å². The molecule has 4 nitrogen and oxygen atoms in total. The molecule has 0 fully saturated rings. The predicted molar refractivity (Wildman–Crippen MR) is 84.6 cm³/mol. The molecule has 0 saturated carbocycles. The van der Waals surface area contributed by atoms with Gasteiger partial charge in [-0.3, -0.25) is 4.79 Å². The third-order valence-electron chi connectivity index (χ3n) is 3.29. The van der Waals surface area contributed by atoms with Crippen molar-refractivity contribution in [1.29, 1.82) is 0 Å². The van der Waals surface area contributed by atoms with Gasteiger partial charge in [-0.15, -0.1) is 11.3 Å². The topological polar surface area (TPSA) is 47.6 Å². The van der Waals surface area contributed by atoms with Crippen molar-refractivity contribution in [2.24, 2.45) is 0 Å². The highest BCUT2D eigenvalue weighted by molar-refractivity contribution is 7.12. The number of ether oxygens (including phenoxy) is 2. The summed E-state index contributed by atoms with van der Waals surface area (Å²) in [5.74, 6) is 1.59. The van der Waals surface area contributed by atoms with E-state index in [0.717, 1.165) is 27.5 Å². The van der Waals surface area contributed by atoms with Crippen molar-refractivity contribution >= 4 is 17.2 Å². The highest BCUT2D eigenvalue weighted by Gasteiger charge is 2.12. The first-order chi connectivity index (χ1) is 10.2. The van der Waals surface area contributed by atoms with E-state index in [9.17, 15) is 4.79 Å². The Balaban J connectivity index is 2.00. The lowest BCUT2D eigenvalue weighted by atomic mass is 10.1. The molecular weight excluding hydrogens is 286 g/mol. The highest BCUT2D eigenvalue weighted by atomic mass is 32.1. The van der Waals surface area contributed by atoms with E-state index in [1.54, 1.807) is 14.2 Å². The molecule has 5 heteroatoms. The normalized spacial score (nSPS) is 10.2. The summed E-state index contributed by atoms with van der Waals surface area (Å²) in [6.45, 7) is 2.53. The van der Waals surface area contributed by atoms with E-state index in [1.807, 2.05) is 36.6 Å². The molecule has 0 unspecified atom stereocenters. The molecule has 21 heavy (non-hydrogen) atoms. The van der Waals surface area contributed by atoms with Crippen LogP contribution in [0.2, 0.25) is 0 Å². The van der Waals surface area contributed by atoms with E-state index in [4.69, 9.17) is 9.47 Å². The summed E-state index contributed by atoms with van der Waals surface area (Å²) in [4.78, 5) is 12.6. The van der Waals surface area contributed by atoms with Crippen LogP contribution in [0.4, 0.5) is 0 Å². The van der Waals surface area contributed by atoms with Gasteiger partial charge >= 0.3 is 0 Å². The molecule has 0 bridgehead atoms. The van der Waals surface area contributed by atoms with Crippen LogP contribution in [-0.2, 0) is 6.42 Å². The highest BCUT2D eigenvalue weighted by Crippen LogP contribution is 2.31. The van der Waals surface area contributed by atoms with Crippen LogP contribution in [0.1, 0.15) is 20.8 Å². The van der Waals surface area contributed by atoms with Gasteiger partial charge in [-0.05, 0) is 36.4 Å². The summed E-state index contributed by atoms with van der Waals surface area (Å²) in [7, 11) is 3.29. The Morgan fingerprint density at radius 1 is 1.24 bits per heavy atom. The average Bonchev–Trinajstić information content (AvgIpc) is 3.02. The molecule has 112 valence electrons. The van der Waals surface area contributed by atoms with Gasteiger partial charge in [-0.1, -0.05) is 12.1 Å². The third kappa shape index (κ3) is 3.55. The second-order valence-electron chi connectivity index (χ2n) is 4.57. The van der Waals surface area contributed by atoms with Gasteiger partial charge in [-0.25, -0.2) is 0 Å². The SMILES string of the molecule is COc1ccc(CCNC(=O)c2cccs2)c(OC)c1C. The largest absolute Gasteiger partial charge is 0.496 e. The molecule has 1 aromatic heterocycles. The lowest BCUT2D eigenvalue weighted by Crippen LogP contribution is -2.25. The van der Waals surface area contributed by atoms with Crippen LogP contribution in [0.5, 0.6) is 11.5 Å². The minimum atomic E-state index is -0.0331. The van der Waals surface area contributed by atoms with Gasteiger partial charge in [0.1, 0.15) is 11.5 Å². The number of methoxy groups -OCH3 is 2. The standard InChI is InChI=1S/C16H19NO3S/c1-11-13(19-2)7-6-12(15(11)20-3)8-9-17-16(18)14-5-4-10-21-14/h4-7,10H,8-9H2,1-3H3,(H,17,18). The predicted octanol–water partition coefficient (Wildman–Crippen LogP) is 3.05. The van der Waals surface area contributed by atoms with Crippen LogP contribution >= 0.6 is 11.3 Å². The Labute approximate surface area is 128 Å². The van der Waals surface area contributed by atoms with Crippen molar-refractivity contribution in [2.45, 2.75) is 13.3 Å². The first-order valence-corrected chi connectivity index (χ1v) is 7.57. The molecule has 0 spiro atoms. The number of carbonyl (C=O) groups is 1. The second-order valence-corrected chi connectivity index (χ2v) is 5.52. The van der Waals surface area contributed by atoms with Crippen LogP contribution in [0.15, 0.2) is 29.6 Å². The molecule has 0 saturated heterocycles. The molecule has 0 aliphatic heterocycles. The Bertz CT molecular complexity index is 608. The first kappa shape index (κ1) is 15.4. The minimum absolute atomic E-state index is 0.0331. The fourth-order valence-electron chi connectivity index (χ4n) is 2.24. The molecule has 1 aromatic carbocycles. The van der Waals surface area contributed by atoms with E-state index in [2.05, 4.69) is 5.32 Å². The fourth-order valence-corrected chi connectivity index (χ4v) is 2.88. The summed E-state index contributed by atoms with van der Waals surface area (Å²) < 4.78 is 10.7. The Morgan fingerprint density at radius 2 is 2.05 bits per heavy atom. The summed E-state index contributed by atoms with van der Waals surface area (Å²) in [5, 5.41) is 4.81. The lowest BCUT2D eigenvalue weighted by molar-refractivity contribution is 0.0958. The van der Waals surface area contributed by atoms with E-state index < -0.39 is 0 Å². The van der Waals surface area contributed by atoms with Crippen LogP contribution in [0.3, 0.4) is 0 Å². The molecule has 0 aliphatic carbocycles. The van der Waals surface area contributed by atoms with Crippen LogP contribution in [0, 0.1) is 6.92 Å². The Kier molecular flexibility index (Phi) is 5.22. The Hall–Kier alpha value is -2.01. The molecule has 2 rings (SSSR count). The molecule has 0 atom stereocenters. The monoisotopic (exact) mass is 305 g/mol. The smallest absolute Gasteiger partial charge is 0.261 e. The number of nitrogens with one attached hydrogen (secondary N) is 1. The minimum Gasteiger partial charge on any atom is -0.496 e. The molecule has 1 amide bonds. The van der Waals surface area contributed by atoms with Crippen molar-refractivity contribution in [3.8, 4) is 11.5 Å². The first-order valence-electron chi connectivity index (χ1n) is 6.69. The van der Waals surface area contributed by atoms with E-state index in [0.29, 0.717) is 13.0 Å². The zero-order valence-electron chi connectivity index (χ0n) is 12.4. The Morgan fingerprint density at radius 3 is 2.67 bits per heavy atom. The van der Waals surface area contributed by atoms with Crippen molar-refractivity contribution in [3.05, 3.63) is 45.6 Å². The summed E-state index contributed by atoms with van der Waals surface area (Å²) in [5.41, 5.74) is 2.03. The van der Waals surface area contributed by atoms with Crippen LogP contribution in [-0.4, -0.2) is 26.7 Å². The maximum absolute atomic E-state index is 11.9. The summed E-state index contributed by atoms with van der Waals surface area (Å²) >= 11 is 1.44. The number of carbonyl (C=O) groups excluding carboxylic acids is 1. The fraction of sp³-hybridized carbons (Fsp3) is 0.312. The van der Waals surface area contributed by atoms with E-state index in [-0.39, 0.29) is 5.91 Å². The number of hydrogen-bond acceptors (Lipinski definition) is 4.